The second-order valence-corrected chi connectivity index (χ2v) is 8.42. The molecule has 5 nitrogen and oxygen atoms in total. The highest BCUT2D eigenvalue weighted by Crippen LogP contribution is 2.31. The number of rotatable bonds is 4. The van der Waals surface area contributed by atoms with Gasteiger partial charge in [0.05, 0.1) is 17.1 Å². The van der Waals surface area contributed by atoms with Gasteiger partial charge in [-0.15, -0.1) is 0 Å². The van der Waals surface area contributed by atoms with E-state index in [1.807, 2.05) is 23.6 Å². The van der Waals surface area contributed by atoms with Crippen molar-refractivity contribution < 1.29 is 4.74 Å². The zero-order valence-corrected chi connectivity index (χ0v) is 17.1. The molecule has 2 aliphatic rings. The molecule has 2 aromatic rings. The lowest BCUT2D eigenvalue weighted by molar-refractivity contribution is 0.00796. The molecule has 0 bridgehead atoms. The third kappa shape index (κ3) is 3.69. The van der Waals surface area contributed by atoms with E-state index in [0.717, 1.165) is 49.1 Å². The molecule has 1 saturated heterocycles. The fraction of sp³-hybridized carbons (Fsp3) is 0.667. The van der Waals surface area contributed by atoms with Gasteiger partial charge in [0.25, 0.3) is 0 Å². The van der Waals surface area contributed by atoms with Crippen molar-refractivity contribution in [1.82, 2.24) is 13.6 Å². The van der Waals surface area contributed by atoms with Crippen LogP contribution in [0.15, 0.2) is 23.0 Å². The highest BCUT2D eigenvalue weighted by atomic mass is 35.5. The molecule has 1 aliphatic carbocycles. The predicted octanol–water partition coefficient (Wildman–Crippen LogP) is 4.10. The SMILES string of the molecule is CCOC1CCC(N2CCC(n3c(=O)n(Cl)c4cc(C)ccc43)CC2)CC1. The maximum atomic E-state index is 12.7. The van der Waals surface area contributed by atoms with E-state index in [2.05, 4.69) is 17.9 Å². The van der Waals surface area contributed by atoms with Crippen molar-refractivity contribution in [3.8, 4) is 0 Å². The third-order valence-electron chi connectivity index (χ3n) is 6.40. The number of hydrogen-bond acceptors (Lipinski definition) is 3. The Morgan fingerprint density at radius 3 is 2.41 bits per heavy atom. The van der Waals surface area contributed by atoms with Gasteiger partial charge in [-0.3, -0.25) is 4.57 Å². The smallest absolute Gasteiger partial charge is 0.344 e. The van der Waals surface area contributed by atoms with E-state index in [4.69, 9.17) is 16.5 Å². The van der Waals surface area contributed by atoms with E-state index in [9.17, 15) is 4.79 Å². The van der Waals surface area contributed by atoms with Crippen LogP contribution >= 0.6 is 11.8 Å². The van der Waals surface area contributed by atoms with Crippen LogP contribution in [0.1, 0.15) is 57.1 Å². The fourth-order valence-corrected chi connectivity index (χ4v) is 5.19. The Morgan fingerprint density at radius 2 is 1.74 bits per heavy atom. The summed E-state index contributed by atoms with van der Waals surface area (Å²) < 4.78 is 8.99. The molecule has 6 heteroatoms. The molecule has 0 amide bonds. The van der Waals surface area contributed by atoms with E-state index in [1.165, 1.54) is 29.8 Å². The Bertz CT molecular complexity index is 843. The summed E-state index contributed by atoms with van der Waals surface area (Å²) in [4.78, 5) is 15.4. The minimum Gasteiger partial charge on any atom is -0.379 e. The number of aryl methyl sites for hydroxylation is 1. The zero-order chi connectivity index (χ0) is 19.0. The average Bonchev–Trinajstić information content (AvgIpc) is 2.93. The Labute approximate surface area is 166 Å². The van der Waals surface area contributed by atoms with E-state index in [1.54, 1.807) is 0 Å². The Hall–Kier alpha value is -1.30. The highest BCUT2D eigenvalue weighted by molar-refractivity contribution is 6.18. The Morgan fingerprint density at radius 1 is 1.04 bits per heavy atom. The lowest BCUT2D eigenvalue weighted by atomic mass is 9.90. The summed E-state index contributed by atoms with van der Waals surface area (Å²) >= 11 is 6.29. The predicted molar refractivity (Wildman–Crippen MR) is 110 cm³/mol. The molecule has 0 atom stereocenters. The van der Waals surface area contributed by atoms with E-state index in [0.29, 0.717) is 12.1 Å². The van der Waals surface area contributed by atoms with Gasteiger partial charge in [0.2, 0.25) is 0 Å². The molecule has 27 heavy (non-hydrogen) atoms. The van der Waals surface area contributed by atoms with Crippen molar-refractivity contribution in [2.75, 3.05) is 19.7 Å². The van der Waals surface area contributed by atoms with Gasteiger partial charge in [0.15, 0.2) is 0 Å². The maximum absolute atomic E-state index is 12.7. The molecule has 148 valence electrons. The molecule has 1 saturated carbocycles. The highest BCUT2D eigenvalue weighted by Gasteiger charge is 2.31. The van der Waals surface area contributed by atoms with E-state index in [-0.39, 0.29) is 11.7 Å². The van der Waals surface area contributed by atoms with Gasteiger partial charge in [-0.1, -0.05) is 6.07 Å². The number of nitrogens with zero attached hydrogens (tertiary/aromatic N) is 3. The maximum Gasteiger partial charge on any atom is 0.344 e. The summed E-state index contributed by atoms with van der Waals surface area (Å²) in [5.74, 6) is 0. The van der Waals surface area contributed by atoms with E-state index < -0.39 is 0 Å². The van der Waals surface area contributed by atoms with Gasteiger partial charge in [-0.2, -0.15) is 0 Å². The molecule has 0 unspecified atom stereocenters. The topological polar surface area (TPSA) is 39.4 Å². The van der Waals surface area contributed by atoms with Crippen LogP contribution in [-0.2, 0) is 4.74 Å². The molecule has 1 aliphatic heterocycles. The second kappa shape index (κ2) is 7.98. The molecule has 0 spiro atoms. The first-order valence-electron chi connectivity index (χ1n) is 10.3. The average molecular weight is 392 g/mol. The molecule has 0 N–H and O–H groups in total. The summed E-state index contributed by atoms with van der Waals surface area (Å²) in [6, 6.07) is 7.00. The lowest BCUT2D eigenvalue weighted by Crippen LogP contribution is -2.45. The van der Waals surface area contributed by atoms with Crippen molar-refractivity contribution in [1.29, 1.82) is 0 Å². The summed E-state index contributed by atoms with van der Waals surface area (Å²) in [5.41, 5.74) is 2.79. The van der Waals surface area contributed by atoms with Gasteiger partial charge in [0.1, 0.15) is 0 Å². The Balaban J connectivity index is 1.44. The van der Waals surface area contributed by atoms with Gasteiger partial charge >= 0.3 is 5.69 Å². The number of benzene rings is 1. The number of hydrogen-bond donors (Lipinski definition) is 0. The molecule has 0 radical (unpaired) electrons. The monoisotopic (exact) mass is 391 g/mol. The first-order chi connectivity index (χ1) is 13.1. The van der Waals surface area contributed by atoms with Gasteiger partial charge < -0.3 is 9.64 Å². The quantitative estimate of drug-likeness (QED) is 0.787. The second-order valence-electron chi connectivity index (χ2n) is 8.08. The molecule has 2 heterocycles. The number of aromatic nitrogens is 2. The number of likely N-dealkylation sites (tertiary alicyclic amines) is 1. The van der Waals surface area contributed by atoms with Crippen LogP contribution in [0.2, 0.25) is 0 Å². The minimum atomic E-state index is -0.104. The van der Waals surface area contributed by atoms with Gasteiger partial charge in [0, 0.05) is 43.6 Å². The summed E-state index contributed by atoms with van der Waals surface area (Å²) in [5, 5.41) is 0. The lowest BCUT2D eigenvalue weighted by Gasteiger charge is -2.40. The zero-order valence-electron chi connectivity index (χ0n) is 16.4. The van der Waals surface area contributed by atoms with Crippen LogP contribution in [0.25, 0.3) is 11.0 Å². The largest absolute Gasteiger partial charge is 0.379 e. The molecule has 1 aromatic heterocycles. The van der Waals surface area contributed by atoms with Crippen LogP contribution in [0.4, 0.5) is 0 Å². The number of halogens is 1. The van der Waals surface area contributed by atoms with E-state index >= 15 is 0 Å². The number of ether oxygens (including phenoxy) is 1. The van der Waals surface area contributed by atoms with Crippen molar-refractivity contribution in [3.63, 3.8) is 0 Å². The van der Waals surface area contributed by atoms with Crippen molar-refractivity contribution in [2.45, 2.75) is 70.6 Å². The number of fused-ring (bicyclic) bond motifs is 1. The normalized spacial score (nSPS) is 25.3. The van der Waals surface area contributed by atoms with Crippen LogP contribution in [-0.4, -0.2) is 45.4 Å². The summed E-state index contributed by atoms with van der Waals surface area (Å²) in [6.45, 7) is 7.04. The molecule has 2 fully saturated rings. The number of piperidine rings is 1. The van der Waals surface area contributed by atoms with Crippen molar-refractivity contribution in [3.05, 3.63) is 34.2 Å². The van der Waals surface area contributed by atoms with Gasteiger partial charge in [-0.25, -0.2) is 8.88 Å². The molecular weight excluding hydrogens is 362 g/mol. The first-order valence-corrected chi connectivity index (χ1v) is 10.7. The molecule has 4 rings (SSSR count). The summed E-state index contributed by atoms with van der Waals surface area (Å²) in [7, 11) is 0. The standard InChI is InChI=1S/C21H30ClN3O2/c1-3-27-18-7-5-16(6-8-18)23-12-10-17(11-13-23)24-19-9-4-15(2)14-20(19)25(22)21(24)26/h4,9,14,16-18H,3,5-8,10-13H2,1-2H3. The third-order valence-corrected chi connectivity index (χ3v) is 6.73. The van der Waals surface area contributed by atoms with Crippen LogP contribution in [0.5, 0.6) is 0 Å². The Kier molecular flexibility index (Phi) is 5.62. The first kappa shape index (κ1) is 19.0. The van der Waals surface area contributed by atoms with Crippen LogP contribution < -0.4 is 5.69 Å². The summed E-state index contributed by atoms with van der Waals surface area (Å²) in [6.07, 6.45) is 7.30. The van der Waals surface area contributed by atoms with Crippen LogP contribution in [0.3, 0.4) is 0 Å². The van der Waals surface area contributed by atoms with Gasteiger partial charge in [-0.05, 0) is 70.1 Å². The number of imidazole rings is 1. The van der Waals surface area contributed by atoms with Crippen molar-refractivity contribution in [2.24, 2.45) is 0 Å². The fourth-order valence-electron chi connectivity index (χ4n) is 4.97. The molecular formula is C21H30ClN3O2. The van der Waals surface area contributed by atoms with Crippen molar-refractivity contribution >= 4 is 22.8 Å². The molecule has 1 aromatic carbocycles. The van der Waals surface area contributed by atoms with Crippen LogP contribution in [0, 0.1) is 6.92 Å². The minimum absolute atomic E-state index is 0.104.